The van der Waals surface area contributed by atoms with Gasteiger partial charge in [-0.3, -0.25) is 4.79 Å². The first-order valence-electron chi connectivity index (χ1n) is 14.1. The van der Waals surface area contributed by atoms with Crippen LogP contribution in [0.25, 0.3) is 16.7 Å². The highest BCUT2D eigenvalue weighted by Gasteiger charge is 2.27. The minimum absolute atomic E-state index is 0.0339. The Morgan fingerprint density at radius 2 is 1.64 bits per heavy atom. The number of hydrogen-bond donors (Lipinski definition) is 1. The quantitative estimate of drug-likeness (QED) is 0.195. The van der Waals surface area contributed by atoms with Gasteiger partial charge in [0.2, 0.25) is 0 Å². The molecule has 0 saturated carbocycles. The first-order chi connectivity index (χ1) is 20.1. The Labute approximate surface area is 247 Å². The molecule has 1 heterocycles. The summed E-state index contributed by atoms with van der Waals surface area (Å²) in [6.45, 7) is 8.77. The Morgan fingerprint density at radius 1 is 0.881 bits per heavy atom. The standard InChI is InChI=1S/C36H36FNO4/c1-23-11-12-26(37)19-33(23)42-22-30-28(15-16-31-35(30)24(2)21-36(3,4)38-31)29-14-13-27(20-34(29)40-5)41-18-17-32(39)25-9-7-6-8-10-25/h6-16,19-21,38H,17-18,22H2,1-5H3. The van der Waals surface area contributed by atoms with E-state index in [2.05, 4.69) is 44.3 Å². The van der Waals surface area contributed by atoms with Crippen LogP contribution < -0.4 is 19.5 Å². The number of Topliss-reactive ketones (excluding diaryl/α,β-unsaturated/α-hetero) is 1. The zero-order valence-electron chi connectivity index (χ0n) is 24.7. The first kappa shape index (κ1) is 28.9. The monoisotopic (exact) mass is 565 g/mol. The summed E-state index contributed by atoms with van der Waals surface area (Å²) in [5.74, 6) is 1.45. The maximum absolute atomic E-state index is 14.0. The molecule has 0 atom stereocenters. The lowest BCUT2D eigenvalue weighted by Gasteiger charge is -2.33. The Bertz CT molecular complexity index is 1640. The molecule has 1 N–H and O–H groups in total. The summed E-state index contributed by atoms with van der Waals surface area (Å²) in [5.41, 5.74) is 7.32. The predicted octanol–water partition coefficient (Wildman–Crippen LogP) is 8.65. The zero-order chi connectivity index (χ0) is 29.9. The fourth-order valence-electron chi connectivity index (χ4n) is 5.49. The molecule has 0 saturated heterocycles. The maximum Gasteiger partial charge on any atom is 0.166 e. The number of anilines is 1. The summed E-state index contributed by atoms with van der Waals surface area (Å²) < 4.78 is 32.1. The second-order valence-electron chi connectivity index (χ2n) is 11.1. The van der Waals surface area contributed by atoms with Gasteiger partial charge in [0, 0.05) is 46.5 Å². The summed E-state index contributed by atoms with van der Waals surface area (Å²) in [5, 5.41) is 3.62. The van der Waals surface area contributed by atoms with E-state index < -0.39 is 0 Å². The van der Waals surface area contributed by atoms with E-state index in [-0.39, 0.29) is 36.8 Å². The number of carbonyl (C=O) groups is 1. The van der Waals surface area contributed by atoms with Crippen LogP contribution in [-0.2, 0) is 6.61 Å². The normalized spacial score (nSPS) is 13.4. The minimum Gasteiger partial charge on any atom is -0.496 e. The average Bonchev–Trinajstić information content (AvgIpc) is 2.97. The largest absolute Gasteiger partial charge is 0.496 e. The predicted molar refractivity (Wildman–Crippen MR) is 166 cm³/mol. The fraction of sp³-hybridized carbons (Fsp3) is 0.250. The lowest BCUT2D eigenvalue weighted by atomic mass is 9.85. The Morgan fingerprint density at radius 3 is 2.40 bits per heavy atom. The highest BCUT2D eigenvalue weighted by molar-refractivity contribution is 5.96. The van der Waals surface area contributed by atoms with Gasteiger partial charge in [-0.2, -0.15) is 0 Å². The molecule has 216 valence electrons. The van der Waals surface area contributed by atoms with Crippen molar-refractivity contribution in [1.29, 1.82) is 0 Å². The van der Waals surface area contributed by atoms with Crippen LogP contribution in [0.2, 0.25) is 0 Å². The number of benzene rings is 4. The van der Waals surface area contributed by atoms with Crippen molar-refractivity contribution < 1.29 is 23.4 Å². The van der Waals surface area contributed by atoms with E-state index >= 15 is 0 Å². The smallest absolute Gasteiger partial charge is 0.166 e. The van der Waals surface area contributed by atoms with Crippen molar-refractivity contribution in [2.24, 2.45) is 0 Å². The van der Waals surface area contributed by atoms with Crippen LogP contribution >= 0.6 is 0 Å². The van der Waals surface area contributed by atoms with Gasteiger partial charge in [0.1, 0.15) is 29.7 Å². The van der Waals surface area contributed by atoms with Gasteiger partial charge in [0.25, 0.3) is 0 Å². The van der Waals surface area contributed by atoms with E-state index in [1.807, 2.05) is 55.5 Å². The molecule has 5 nitrogen and oxygen atoms in total. The molecule has 0 unspecified atom stereocenters. The van der Waals surface area contributed by atoms with Crippen LogP contribution in [0.4, 0.5) is 10.1 Å². The number of halogens is 1. The summed E-state index contributed by atoms with van der Waals surface area (Å²) in [6.07, 6.45) is 2.48. The first-order valence-corrected chi connectivity index (χ1v) is 14.1. The van der Waals surface area contributed by atoms with Crippen LogP contribution in [0.15, 0.2) is 84.9 Å². The fourth-order valence-corrected chi connectivity index (χ4v) is 5.49. The molecule has 4 aromatic carbocycles. The van der Waals surface area contributed by atoms with Gasteiger partial charge in [-0.05, 0) is 68.7 Å². The number of methoxy groups -OCH3 is 1. The molecule has 0 radical (unpaired) electrons. The maximum atomic E-state index is 14.0. The van der Waals surface area contributed by atoms with Crippen LogP contribution in [0, 0.1) is 12.7 Å². The van der Waals surface area contributed by atoms with Gasteiger partial charge in [-0.1, -0.05) is 48.5 Å². The molecular formula is C36H36FNO4. The lowest BCUT2D eigenvalue weighted by molar-refractivity contribution is 0.0962. The number of allylic oxidation sites excluding steroid dienone is 1. The summed E-state index contributed by atoms with van der Waals surface area (Å²) in [4.78, 5) is 12.5. The van der Waals surface area contributed by atoms with E-state index in [1.54, 1.807) is 13.2 Å². The lowest BCUT2D eigenvalue weighted by Crippen LogP contribution is -2.32. The van der Waals surface area contributed by atoms with Gasteiger partial charge < -0.3 is 19.5 Å². The van der Waals surface area contributed by atoms with Gasteiger partial charge >= 0.3 is 0 Å². The number of ether oxygens (including phenoxy) is 3. The number of carbonyl (C=O) groups excluding carboxylic acids is 1. The second-order valence-corrected chi connectivity index (χ2v) is 11.1. The molecule has 0 spiro atoms. The Kier molecular flexibility index (Phi) is 8.34. The number of nitrogens with one attached hydrogen (secondary N) is 1. The van der Waals surface area contributed by atoms with Gasteiger partial charge in [0.05, 0.1) is 19.3 Å². The van der Waals surface area contributed by atoms with Crippen LogP contribution in [0.5, 0.6) is 17.2 Å². The Hall–Kier alpha value is -4.58. The molecule has 0 amide bonds. The van der Waals surface area contributed by atoms with Crippen molar-refractivity contribution in [1.82, 2.24) is 0 Å². The van der Waals surface area contributed by atoms with Crippen molar-refractivity contribution in [2.75, 3.05) is 19.0 Å². The highest BCUT2D eigenvalue weighted by Crippen LogP contribution is 2.43. The van der Waals surface area contributed by atoms with Crippen molar-refractivity contribution in [3.05, 3.63) is 113 Å². The van der Waals surface area contributed by atoms with Crippen molar-refractivity contribution in [3.63, 3.8) is 0 Å². The molecule has 42 heavy (non-hydrogen) atoms. The molecule has 4 aromatic rings. The molecule has 5 rings (SSSR count). The SMILES string of the molecule is COc1cc(OCCC(=O)c2ccccc2)ccc1-c1ccc2c(c1COc1cc(F)ccc1C)C(C)=CC(C)(C)N2. The number of aryl methyl sites for hydroxylation is 1. The van der Waals surface area contributed by atoms with E-state index in [0.29, 0.717) is 22.8 Å². The molecule has 6 heteroatoms. The van der Waals surface area contributed by atoms with Crippen molar-refractivity contribution in [2.45, 2.75) is 46.3 Å². The third-order valence-electron chi connectivity index (χ3n) is 7.42. The summed E-state index contributed by atoms with van der Waals surface area (Å²) in [6, 6.07) is 23.6. The van der Waals surface area contributed by atoms with E-state index in [4.69, 9.17) is 14.2 Å². The molecule has 1 aliphatic rings. The van der Waals surface area contributed by atoms with E-state index in [0.717, 1.165) is 39.1 Å². The van der Waals surface area contributed by atoms with E-state index in [1.165, 1.54) is 12.1 Å². The minimum atomic E-state index is -0.340. The van der Waals surface area contributed by atoms with Gasteiger partial charge in [0.15, 0.2) is 5.78 Å². The molecule has 0 aliphatic carbocycles. The van der Waals surface area contributed by atoms with Crippen molar-refractivity contribution >= 4 is 17.0 Å². The molecule has 0 aromatic heterocycles. The number of rotatable bonds is 10. The van der Waals surface area contributed by atoms with E-state index in [9.17, 15) is 9.18 Å². The molecule has 0 fully saturated rings. The van der Waals surface area contributed by atoms with Crippen LogP contribution in [0.3, 0.4) is 0 Å². The summed E-state index contributed by atoms with van der Waals surface area (Å²) >= 11 is 0. The van der Waals surface area contributed by atoms with Crippen LogP contribution in [0.1, 0.15) is 54.2 Å². The topological polar surface area (TPSA) is 56.8 Å². The Balaban J connectivity index is 1.46. The molecule has 1 aliphatic heterocycles. The van der Waals surface area contributed by atoms with Crippen LogP contribution in [-0.4, -0.2) is 25.0 Å². The van der Waals surface area contributed by atoms with Crippen molar-refractivity contribution in [3.8, 4) is 28.4 Å². The third-order valence-corrected chi connectivity index (χ3v) is 7.42. The number of hydrogen-bond acceptors (Lipinski definition) is 5. The summed E-state index contributed by atoms with van der Waals surface area (Å²) in [7, 11) is 1.63. The van der Waals surface area contributed by atoms with Gasteiger partial charge in [-0.15, -0.1) is 0 Å². The molecule has 0 bridgehead atoms. The molecular weight excluding hydrogens is 529 g/mol. The number of ketones is 1. The number of fused-ring (bicyclic) bond motifs is 1. The highest BCUT2D eigenvalue weighted by atomic mass is 19.1. The average molecular weight is 566 g/mol. The third kappa shape index (κ3) is 6.33. The zero-order valence-corrected chi connectivity index (χ0v) is 24.7. The second kappa shape index (κ2) is 12.1. The van der Waals surface area contributed by atoms with Gasteiger partial charge in [-0.25, -0.2) is 4.39 Å².